The van der Waals surface area contributed by atoms with Gasteiger partial charge in [0, 0.05) is 29.7 Å². The molecule has 11 heteroatoms. The van der Waals surface area contributed by atoms with E-state index in [-0.39, 0.29) is 17.8 Å². The molecule has 0 radical (unpaired) electrons. The summed E-state index contributed by atoms with van der Waals surface area (Å²) in [6, 6.07) is 15.7. The summed E-state index contributed by atoms with van der Waals surface area (Å²) in [7, 11) is 0. The molecule has 3 heterocycles. The van der Waals surface area contributed by atoms with Crippen molar-refractivity contribution in [2.45, 2.75) is 37.6 Å². The van der Waals surface area contributed by atoms with Crippen molar-refractivity contribution in [1.82, 2.24) is 24.6 Å². The van der Waals surface area contributed by atoms with Crippen molar-refractivity contribution in [3.05, 3.63) is 75.2 Å². The van der Waals surface area contributed by atoms with E-state index in [4.69, 9.17) is 16.3 Å². The number of piperidine rings is 1. The zero-order valence-electron chi connectivity index (χ0n) is 21.7. The quantitative estimate of drug-likeness (QED) is 0.184. The van der Waals surface area contributed by atoms with Gasteiger partial charge in [-0.25, -0.2) is 4.98 Å². The van der Waals surface area contributed by atoms with Gasteiger partial charge in [0.2, 0.25) is 0 Å². The minimum atomic E-state index is -0.281. The summed E-state index contributed by atoms with van der Waals surface area (Å²) in [5.41, 5.74) is 3.28. The van der Waals surface area contributed by atoms with E-state index in [0.717, 1.165) is 34.7 Å². The molecule has 2 aromatic heterocycles. The van der Waals surface area contributed by atoms with Crippen molar-refractivity contribution in [2.75, 3.05) is 19.7 Å². The molecule has 39 heavy (non-hydrogen) atoms. The first-order chi connectivity index (χ1) is 18.9. The van der Waals surface area contributed by atoms with E-state index in [2.05, 4.69) is 15.2 Å². The van der Waals surface area contributed by atoms with Gasteiger partial charge in [0.1, 0.15) is 10.7 Å². The maximum absolute atomic E-state index is 13.1. The summed E-state index contributed by atoms with van der Waals surface area (Å²) in [5.74, 6) is 0.509. The molecular weight excluding hydrogens is 554 g/mol. The fourth-order valence-electron chi connectivity index (χ4n) is 4.48. The third kappa shape index (κ3) is 6.18. The van der Waals surface area contributed by atoms with Gasteiger partial charge < -0.3 is 9.64 Å². The molecule has 4 aromatic rings. The molecule has 0 N–H and O–H groups in total. The molecule has 8 nitrogen and oxygen atoms in total. The SMILES string of the molecule is CCOC(=O)C1CCCN(C(=O)c2csc(CSc3nnc(-c4ccccc4Cl)n3-c3ccc(C)cc3)n2)C1. The van der Waals surface area contributed by atoms with Crippen LogP contribution in [0.1, 0.15) is 40.8 Å². The average molecular weight is 582 g/mol. The maximum Gasteiger partial charge on any atom is 0.310 e. The number of thiazole rings is 1. The van der Waals surface area contributed by atoms with Gasteiger partial charge in [0.25, 0.3) is 5.91 Å². The molecule has 1 unspecified atom stereocenters. The number of esters is 1. The lowest BCUT2D eigenvalue weighted by Crippen LogP contribution is -2.43. The number of hydrogen-bond acceptors (Lipinski definition) is 8. The van der Waals surface area contributed by atoms with Crippen LogP contribution >= 0.6 is 34.7 Å². The van der Waals surface area contributed by atoms with Gasteiger partial charge in [0.05, 0.1) is 23.3 Å². The van der Waals surface area contributed by atoms with Gasteiger partial charge in [0.15, 0.2) is 11.0 Å². The highest BCUT2D eigenvalue weighted by molar-refractivity contribution is 7.98. The van der Waals surface area contributed by atoms with Crippen LogP contribution < -0.4 is 0 Å². The number of thioether (sulfide) groups is 1. The fraction of sp³-hybridized carbons (Fsp3) is 0.321. The van der Waals surface area contributed by atoms with Gasteiger partial charge in [-0.1, -0.05) is 53.2 Å². The Balaban J connectivity index is 1.33. The molecule has 0 saturated carbocycles. The molecule has 1 atom stereocenters. The van der Waals surface area contributed by atoms with E-state index in [1.807, 2.05) is 60.0 Å². The second kappa shape index (κ2) is 12.3. The van der Waals surface area contributed by atoms with Crippen LogP contribution in [0.5, 0.6) is 0 Å². The Kier molecular flexibility index (Phi) is 8.64. The standard InChI is InChI=1S/C28H28ClN5O3S2/c1-3-37-27(36)19-7-6-14-33(15-19)26(35)23-16-38-24(30-23)17-39-28-32-31-25(21-8-4-5-9-22(21)29)34(28)20-12-10-18(2)11-13-20/h4-5,8-13,16,19H,3,6-7,14-15,17H2,1-2H3. The molecule has 1 saturated heterocycles. The number of nitrogens with zero attached hydrogens (tertiary/aromatic N) is 5. The Bertz CT molecular complexity index is 1470. The molecule has 0 aliphatic carbocycles. The van der Waals surface area contributed by atoms with Gasteiger partial charge >= 0.3 is 5.97 Å². The van der Waals surface area contributed by atoms with Crippen LogP contribution in [0.4, 0.5) is 0 Å². The van der Waals surface area contributed by atoms with Crippen LogP contribution in [-0.4, -0.2) is 56.2 Å². The first-order valence-corrected chi connectivity index (χ1v) is 15.0. The molecule has 0 spiro atoms. The van der Waals surface area contributed by atoms with Gasteiger partial charge in [-0.2, -0.15) is 0 Å². The van der Waals surface area contributed by atoms with E-state index < -0.39 is 0 Å². The zero-order chi connectivity index (χ0) is 27.4. The highest BCUT2D eigenvalue weighted by Crippen LogP contribution is 2.33. The summed E-state index contributed by atoms with van der Waals surface area (Å²) in [5, 5.41) is 12.8. The van der Waals surface area contributed by atoms with Crippen molar-refractivity contribution < 1.29 is 14.3 Å². The van der Waals surface area contributed by atoms with Crippen LogP contribution in [0.2, 0.25) is 5.02 Å². The number of aromatic nitrogens is 4. The Morgan fingerprint density at radius 3 is 2.72 bits per heavy atom. The van der Waals surface area contributed by atoms with Crippen LogP contribution in [0.3, 0.4) is 0 Å². The van der Waals surface area contributed by atoms with Crippen LogP contribution in [0.25, 0.3) is 17.1 Å². The van der Waals surface area contributed by atoms with Crippen LogP contribution in [0.15, 0.2) is 59.1 Å². The van der Waals surface area contributed by atoms with Crippen molar-refractivity contribution in [3.8, 4) is 17.1 Å². The number of benzene rings is 2. The van der Waals surface area contributed by atoms with E-state index >= 15 is 0 Å². The number of amides is 1. The third-order valence-electron chi connectivity index (χ3n) is 6.46. The Morgan fingerprint density at radius 2 is 1.95 bits per heavy atom. The first kappa shape index (κ1) is 27.4. The number of hydrogen-bond donors (Lipinski definition) is 0. The highest BCUT2D eigenvalue weighted by Gasteiger charge is 2.30. The highest BCUT2D eigenvalue weighted by atomic mass is 35.5. The number of carbonyl (C=O) groups excluding carboxylic acids is 2. The van der Waals surface area contributed by atoms with E-state index in [9.17, 15) is 9.59 Å². The predicted molar refractivity (Wildman–Crippen MR) is 153 cm³/mol. The monoisotopic (exact) mass is 581 g/mol. The molecule has 5 rings (SSSR count). The van der Waals surface area contributed by atoms with Crippen LogP contribution in [-0.2, 0) is 15.3 Å². The summed E-state index contributed by atoms with van der Waals surface area (Å²) in [6.07, 6.45) is 1.50. The van der Waals surface area contributed by atoms with Gasteiger partial charge in [-0.05, 0) is 51.0 Å². The third-order valence-corrected chi connectivity index (χ3v) is 8.77. The summed E-state index contributed by atoms with van der Waals surface area (Å²) < 4.78 is 7.16. The second-order valence-corrected chi connectivity index (χ2v) is 11.5. The average Bonchev–Trinajstić information content (AvgIpc) is 3.60. The fourth-order valence-corrected chi connectivity index (χ4v) is 6.44. The molecule has 1 amide bonds. The van der Waals surface area contributed by atoms with Crippen molar-refractivity contribution in [3.63, 3.8) is 0 Å². The van der Waals surface area contributed by atoms with Crippen LogP contribution in [0, 0.1) is 12.8 Å². The Morgan fingerprint density at radius 1 is 1.15 bits per heavy atom. The number of halogens is 1. The lowest BCUT2D eigenvalue weighted by molar-refractivity contribution is -0.149. The lowest BCUT2D eigenvalue weighted by Gasteiger charge is -2.31. The van der Waals surface area contributed by atoms with Crippen molar-refractivity contribution in [2.24, 2.45) is 5.92 Å². The number of likely N-dealkylation sites (tertiary alicyclic amines) is 1. The van der Waals surface area contributed by atoms with Crippen molar-refractivity contribution in [1.29, 1.82) is 0 Å². The molecule has 0 bridgehead atoms. The van der Waals surface area contributed by atoms with E-state index in [1.54, 1.807) is 17.2 Å². The number of carbonyl (C=O) groups is 2. The summed E-state index contributed by atoms with van der Waals surface area (Å²) in [4.78, 5) is 31.7. The van der Waals surface area contributed by atoms with Gasteiger partial charge in [-0.15, -0.1) is 21.5 Å². The zero-order valence-corrected chi connectivity index (χ0v) is 24.1. The number of rotatable bonds is 8. The Hall–Kier alpha value is -3.21. The molecule has 1 aliphatic heterocycles. The molecule has 1 fully saturated rings. The topological polar surface area (TPSA) is 90.2 Å². The second-order valence-electron chi connectivity index (χ2n) is 9.21. The minimum Gasteiger partial charge on any atom is -0.466 e. The molecule has 202 valence electrons. The van der Waals surface area contributed by atoms with Gasteiger partial charge in [-0.3, -0.25) is 14.2 Å². The minimum absolute atomic E-state index is 0.152. The summed E-state index contributed by atoms with van der Waals surface area (Å²) in [6.45, 7) is 5.15. The summed E-state index contributed by atoms with van der Waals surface area (Å²) >= 11 is 9.44. The number of ether oxygens (including phenoxy) is 1. The largest absolute Gasteiger partial charge is 0.466 e. The first-order valence-electron chi connectivity index (χ1n) is 12.7. The Labute approximate surface area is 240 Å². The number of aryl methyl sites for hydroxylation is 1. The normalized spacial score (nSPS) is 15.4. The molecular formula is C28H28ClN5O3S2. The predicted octanol–water partition coefficient (Wildman–Crippen LogP) is 6.06. The lowest BCUT2D eigenvalue weighted by atomic mass is 9.98. The van der Waals surface area contributed by atoms with E-state index in [1.165, 1.54) is 23.1 Å². The van der Waals surface area contributed by atoms with Crippen molar-refractivity contribution >= 4 is 46.6 Å². The molecule has 2 aromatic carbocycles. The maximum atomic E-state index is 13.1. The smallest absolute Gasteiger partial charge is 0.310 e. The van der Waals surface area contributed by atoms with E-state index in [0.29, 0.717) is 47.1 Å². The molecule has 1 aliphatic rings.